The van der Waals surface area contributed by atoms with Crippen molar-refractivity contribution in [2.45, 2.75) is 58.3 Å². The van der Waals surface area contributed by atoms with E-state index in [1.54, 1.807) is 0 Å². The lowest BCUT2D eigenvalue weighted by atomic mass is 10.0. The number of carbonyl (C=O) groups is 2. The van der Waals surface area contributed by atoms with E-state index in [1.807, 2.05) is 6.08 Å². The summed E-state index contributed by atoms with van der Waals surface area (Å²) in [5, 5.41) is 2.34. The maximum atomic E-state index is 11.4. The molecule has 1 heterocycles. The van der Waals surface area contributed by atoms with Crippen molar-refractivity contribution in [2.24, 2.45) is 0 Å². The highest BCUT2D eigenvalue weighted by molar-refractivity contribution is 6.07. The van der Waals surface area contributed by atoms with E-state index in [1.165, 1.54) is 25.7 Å². The predicted octanol–water partition coefficient (Wildman–Crippen LogP) is 2.71. The van der Waals surface area contributed by atoms with Gasteiger partial charge in [0.15, 0.2) is 0 Å². The van der Waals surface area contributed by atoms with Gasteiger partial charge in [-0.05, 0) is 19.3 Å². The van der Waals surface area contributed by atoms with Crippen molar-refractivity contribution >= 4 is 11.8 Å². The highest BCUT2D eigenvalue weighted by Gasteiger charge is 2.19. The van der Waals surface area contributed by atoms with E-state index in [2.05, 4.69) is 12.2 Å². The van der Waals surface area contributed by atoms with E-state index in [0.717, 1.165) is 18.4 Å². The number of piperidine rings is 1. The zero-order chi connectivity index (χ0) is 11.8. The summed E-state index contributed by atoms with van der Waals surface area (Å²) in [6.07, 6.45) is 10.2. The molecule has 0 unspecified atom stereocenters. The molecule has 0 bridgehead atoms. The molecule has 1 aliphatic heterocycles. The standard InChI is InChI=1S/C13H21NO2/c1-2-3-4-5-6-7-8-11-9-10-12(15)14-13(11)16/h8H,2-7,9-10H2,1H3,(H,14,15,16)/b11-8+. The monoisotopic (exact) mass is 223 g/mol. The van der Waals surface area contributed by atoms with Crippen LogP contribution in [-0.4, -0.2) is 11.8 Å². The molecule has 90 valence electrons. The highest BCUT2D eigenvalue weighted by Crippen LogP contribution is 2.13. The molecule has 1 rings (SSSR count). The Bertz CT molecular complexity index is 282. The van der Waals surface area contributed by atoms with Gasteiger partial charge in [-0.1, -0.05) is 38.7 Å². The van der Waals surface area contributed by atoms with Crippen LogP contribution in [0.2, 0.25) is 0 Å². The number of carbonyl (C=O) groups excluding carboxylic acids is 2. The van der Waals surface area contributed by atoms with Crippen LogP contribution in [0.3, 0.4) is 0 Å². The molecule has 0 aromatic rings. The summed E-state index contributed by atoms with van der Waals surface area (Å²) < 4.78 is 0. The van der Waals surface area contributed by atoms with Gasteiger partial charge in [0.25, 0.3) is 5.91 Å². The van der Waals surface area contributed by atoms with Gasteiger partial charge in [0.05, 0.1) is 0 Å². The highest BCUT2D eigenvalue weighted by atomic mass is 16.2. The minimum Gasteiger partial charge on any atom is -0.293 e. The Balaban J connectivity index is 2.18. The van der Waals surface area contributed by atoms with Gasteiger partial charge >= 0.3 is 0 Å². The zero-order valence-electron chi connectivity index (χ0n) is 10.1. The molecule has 16 heavy (non-hydrogen) atoms. The number of hydrogen-bond acceptors (Lipinski definition) is 2. The van der Waals surface area contributed by atoms with E-state index in [9.17, 15) is 9.59 Å². The van der Waals surface area contributed by atoms with Crippen LogP contribution >= 0.6 is 0 Å². The summed E-state index contributed by atoms with van der Waals surface area (Å²) in [5.74, 6) is -0.338. The van der Waals surface area contributed by atoms with Gasteiger partial charge in [-0.25, -0.2) is 0 Å². The molecule has 3 heteroatoms. The topological polar surface area (TPSA) is 46.2 Å². The van der Waals surface area contributed by atoms with E-state index >= 15 is 0 Å². The number of rotatable bonds is 6. The molecule has 0 aliphatic carbocycles. The van der Waals surface area contributed by atoms with Crippen molar-refractivity contribution < 1.29 is 9.59 Å². The fourth-order valence-electron chi connectivity index (χ4n) is 1.85. The number of hydrogen-bond donors (Lipinski definition) is 1. The molecule has 1 aliphatic rings. The number of unbranched alkanes of at least 4 members (excludes halogenated alkanes) is 5. The second-order valence-electron chi connectivity index (χ2n) is 4.31. The van der Waals surface area contributed by atoms with Crippen LogP contribution < -0.4 is 5.32 Å². The average molecular weight is 223 g/mol. The number of amides is 2. The first-order valence-electron chi connectivity index (χ1n) is 6.27. The van der Waals surface area contributed by atoms with Crippen molar-refractivity contribution in [1.82, 2.24) is 5.32 Å². The number of allylic oxidation sites excluding steroid dienone is 1. The van der Waals surface area contributed by atoms with E-state index in [4.69, 9.17) is 0 Å². The molecule has 0 aromatic heterocycles. The Kier molecular flexibility index (Phi) is 5.83. The van der Waals surface area contributed by atoms with Gasteiger partial charge in [-0.2, -0.15) is 0 Å². The fraction of sp³-hybridized carbons (Fsp3) is 0.692. The quantitative estimate of drug-likeness (QED) is 0.427. The first-order chi connectivity index (χ1) is 7.74. The third kappa shape index (κ3) is 4.60. The molecular weight excluding hydrogens is 202 g/mol. The molecule has 1 N–H and O–H groups in total. The second kappa shape index (κ2) is 7.20. The lowest BCUT2D eigenvalue weighted by molar-refractivity contribution is -0.130. The lowest BCUT2D eigenvalue weighted by Crippen LogP contribution is -2.35. The van der Waals surface area contributed by atoms with Gasteiger partial charge in [0.2, 0.25) is 5.91 Å². The fourth-order valence-corrected chi connectivity index (χ4v) is 1.85. The van der Waals surface area contributed by atoms with Gasteiger partial charge in [-0.3, -0.25) is 14.9 Å². The zero-order valence-corrected chi connectivity index (χ0v) is 10.1. The van der Waals surface area contributed by atoms with E-state index in [-0.39, 0.29) is 11.8 Å². The SMILES string of the molecule is CCCCCCC/C=C1\CCC(=O)NC1=O. The Hall–Kier alpha value is -1.12. The van der Waals surface area contributed by atoms with Crippen molar-refractivity contribution in [3.05, 3.63) is 11.6 Å². The normalized spacial score (nSPS) is 18.9. The second-order valence-corrected chi connectivity index (χ2v) is 4.31. The maximum Gasteiger partial charge on any atom is 0.253 e. The summed E-state index contributed by atoms with van der Waals surface area (Å²) in [5.41, 5.74) is 0.787. The van der Waals surface area contributed by atoms with Crippen molar-refractivity contribution in [1.29, 1.82) is 0 Å². The Labute approximate surface area is 97.3 Å². The van der Waals surface area contributed by atoms with Crippen LogP contribution in [0.4, 0.5) is 0 Å². The van der Waals surface area contributed by atoms with Crippen LogP contribution in [0.5, 0.6) is 0 Å². The molecule has 3 nitrogen and oxygen atoms in total. The molecule has 0 saturated carbocycles. The van der Waals surface area contributed by atoms with E-state index < -0.39 is 0 Å². The smallest absolute Gasteiger partial charge is 0.253 e. The minimum absolute atomic E-state index is 0.148. The summed E-state index contributed by atoms with van der Waals surface area (Å²) in [6, 6.07) is 0. The summed E-state index contributed by atoms with van der Waals surface area (Å²) in [4.78, 5) is 22.3. The largest absolute Gasteiger partial charge is 0.293 e. The summed E-state index contributed by atoms with van der Waals surface area (Å²) in [6.45, 7) is 2.20. The van der Waals surface area contributed by atoms with Crippen molar-refractivity contribution in [3.8, 4) is 0 Å². The Morgan fingerprint density at radius 1 is 1.12 bits per heavy atom. The summed E-state index contributed by atoms with van der Waals surface area (Å²) >= 11 is 0. The third-order valence-electron chi connectivity index (χ3n) is 2.86. The minimum atomic E-state index is -0.190. The number of imide groups is 1. The lowest BCUT2D eigenvalue weighted by Gasteiger charge is -2.13. The first kappa shape index (κ1) is 12.9. The van der Waals surface area contributed by atoms with Crippen LogP contribution in [0.15, 0.2) is 11.6 Å². The predicted molar refractivity (Wildman–Crippen MR) is 63.8 cm³/mol. The third-order valence-corrected chi connectivity index (χ3v) is 2.86. The van der Waals surface area contributed by atoms with Crippen molar-refractivity contribution in [2.75, 3.05) is 0 Å². The van der Waals surface area contributed by atoms with Crippen molar-refractivity contribution in [3.63, 3.8) is 0 Å². The first-order valence-corrected chi connectivity index (χ1v) is 6.27. The molecule has 0 spiro atoms. The molecule has 0 atom stereocenters. The van der Waals surface area contributed by atoms with Crippen LogP contribution in [0.25, 0.3) is 0 Å². The molecule has 2 amide bonds. The Morgan fingerprint density at radius 3 is 2.56 bits per heavy atom. The maximum absolute atomic E-state index is 11.4. The summed E-state index contributed by atoms with van der Waals surface area (Å²) in [7, 11) is 0. The Morgan fingerprint density at radius 2 is 1.88 bits per heavy atom. The molecule has 1 saturated heterocycles. The molecular formula is C13H21NO2. The molecule has 0 aromatic carbocycles. The average Bonchev–Trinajstić information content (AvgIpc) is 2.26. The molecule has 1 fully saturated rings. The van der Waals surface area contributed by atoms with Crippen LogP contribution in [-0.2, 0) is 9.59 Å². The molecule has 0 radical (unpaired) electrons. The van der Waals surface area contributed by atoms with Gasteiger partial charge in [0, 0.05) is 12.0 Å². The van der Waals surface area contributed by atoms with Crippen LogP contribution in [0.1, 0.15) is 58.3 Å². The van der Waals surface area contributed by atoms with E-state index in [0.29, 0.717) is 12.8 Å². The van der Waals surface area contributed by atoms with Gasteiger partial charge < -0.3 is 0 Å². The van der Waals surface area contributed by atoms with Gasteiger partial charge in [-0.15, -0.1) is 0 Å². The number of nitrogens with one attached hydrogen (secondary N) is 1. The van der Waals surface area contributed by atoms with Gasteiger partial charge in [0.1, 0.15) is 0 Å². The van der Waals surface area contributed by atoms with Crippen LogP contribution in [0, 0.1) is 0 Å².